The number of hydrogen-bond donors (Lipinski definition) is 2. The van der Waals surface area contributed by atoms with Crippen molar-refractivity contribution in [2.24, 2.45) is 5.92 Å². The summed E-state index contributed by atoms with van der Waals surface area (Å²) in [7, 11) is 1.42. The Balaban J connectivity index is 2.55. The first kappa shape index (κ1) is 14.5. The zero-order valence-corrected chi connectivity index (χ0v) is 11.3. The minimum Gasteiger partial charge on any atom is -0.468 e. The van der Waals surface area contributed by atoms with E-state index in [1.807, 2.05) is 24.3 Å². The fourth-order valence-corrected chi connectivity index (χ4v) is 1.75. The number of esters is 1. The highest BCUT2D eigenvalue weighted by Crippen LogP contribution is 2.09. The quantitative estimate of drug-likeness (QED) is 0.598. The lowest BCUT2D eigenvalue weighted by Gasteiger charge is -2.18. The van der Waals surface area contributed by atoms with Crippen molar-refractivity contribution in [2.45, 2.75) is 32.9 Å². The van der Waals surface area contributed by atoms with Gasteiger partial charge in [0.2, 0.25) is 0 Å². The molecule has 0 saturated carbocycles. The molecule has 18 heavy (non-hydrogen) atoms. The number of ether oxygens (including phenoxy) is 1. The summed E-state index contributed by atoms with van der Waals surface area (Å²) in [6, 6.07) is 7.35. The number of nitrogens with one attached hydrogen (secondary N) is 1. The lowest BCUT2D eigenvalue weighted by atomic mass is 10.0. The van der Waals surface area contributed by atoms with Crippen LogP contribution < -0.4 is 11.1 Å². The molecule has 3 N–H and O–H groups in total. The number of rotatable bonds is 6. The highest BCUT2D eigenvalue weighted by atomic mass is 16.5. The van der Waals surface area contributed by atoms with E-state index < -0.39 is 0 Å². The zero-order chi connectivity index (χ0) is 13.5. The molecule has 1 aromatic rings. The summed E-state index contributed by atoms with van der Waals surface area (Å²) in [5.74, 6) is 0.229. The maximum atomic E-state index is 11.6. The lowest BCUT2D eigenvalue weighted by molar-refractivity contribution is -0.143. The molecule has 1 rings (SSSR count). The first-order valence-electron chi connectivity index (χ1n) is 6.18. The summed E-state index contributed by atoms with van der Waals surface area (Å²) in [5, 5.41) is 3.22. The van der Waals surface area contributed by atoms with Crippen molar-refractivity contribution in [3.63, 3.8) is 0 Å². The van der Waals surface area contributed by atoms with Gasteiger partial charge in [0, 0.05) is 12.2 Å². The van der Waals surface area contributed by atoms with Crippen LogP contribution in [-0.2, 0) is 16.1 Å². The topological polar surface area (TPSA) is 64.3 Å². The van der Waals surface area contributed by atoms with Crippen LogP contribution in [0.15, 0.2) is 24.3 Å². The third-order valence-corrected chi connectivity index (χ3v) is 2.73. The molecule has 0 amide bonds. The van der Waals surface area contributed by atoms with E-state index in [1.54, 1.807) is 0 Å². The monoisotopic (exact) mass is 250 g/mol. The number of carbonyl (C=O) groups excluding carboxylic acids is 1. The Morgan fingerprint density at radius 1 is 1.33 bits per heavy atom. The summed E-state index contributed by atoms with van der Waals surface area (Å²) in [5.41, 5.74) is 7.46. The first-order valence-corrected chi connectivity index (χ1v) is 6.18. The Labute approximate surface area is 109 Å². The van der Waals surface area contributed by atoms with E-state index in [1.165, 1.54) is 7.11 Å². The largest absolute Gasteiger partial charge is 0.468 e. The van der Waals surface area contributed by atoms with E-state index in [2.05, 4.69) is 19.2 Å². The molecule has 0 fully saturated rings. The Morgan fingerprint density at radius 2 is 1.94 bits per heavy atom. The highest BCUT2D eigenvalue weighted by Gasteiger charge is 2.19. The van der Waals surface area contributed by atoms with Crippen LogP contribution in [0.25, 0.3) is 0 Å². The van der Waals surface area contributed by atoms with Crippen LogP contribution in [0.5, 0.6) is 0 Å². The number of carbonyl (C=O) groups is 1. The number of nitrogens with two attached hydrogens (primary N) is 1. The summed E-state index contributed by atoms with van der Waals surface area (Å²) in [6.45, 7) is 4.80. The Bertz CT molecular complexity index is 374. The van der Waals surface area contributed by atoms with Crippen molar-refractivity contribution < 1.29 is 9.53 Å². The van der Waals surface area contributed by atoms with Gasteiger partial charge < -0.3 is 15.8 Å². The van der Waals surface area contributed by atoms with Crippen molar-refractivity contribution in [3.05, 3.63) is 29.8 Å². The Kier molecular flexibility index (Phi) is 5.65. The summed E-state index contributed by atoms with van der Waals surface area (Å²) in [4.78, 5) is 11.6. The molecule has 0 heterocycles. The second-order valence-corrected chi connectivity index (χ2v) is 4.83. The van der Waals surface area contributed by atoms with E-state index in [9.17, 15) is 4.79 Å². The van der Waals surface area contributed by atoms with Crippen LogP contribution in [0, 0.1) is 5.92 Å². The van der Waals surface area contributed by atoms with Crippen LogP contribution in [-0.4, -0.2) is 19.1 Å². The second-order valence-electron chi connectivity index (χ2n) is 4.83. The van der Waals surface area contributed by atoms with Gasteiger partial charge in [0.25, 0.3) is 0 Å². The van der Waals surface area contributed by atoms with Crippen molar-refractivity contribution in [1.82, 2.24) is 5.32 Å². The molecule has 4 heteroatoms. The van der Waals surface area contributed by atoms with Gasteiger partial charge >= 0.3 is 5.97 Å². The summed E-state index contributed by atoms with van der Waals surface area (Å²) >= 11 is 0. The Morgan fingerprint density at radius 3 is 2.44 bits per heavy atom. The molecular formula is C14H22N2O2. The lowest BCUT2D eigenvalue weighted by Crippen LogP contribution is -2.38. The minimum atomic E-state index is -0.257. The van der Waals surface area contributed by atoms with Gasteiger partial charge in [-0.1, -0.05) is 26.0 Å². The van der Waals surface area contributed by atoms with E-state index >= 15 is 0 Å². The normalized spacial score (nSPS) is 12.4. The second kappa shape index (κ2) is 7.01. The van der Waals surface area contributed by atoms with Crippen LogP contribution in [0.3, 0.4) is 0 Å². The molecule has 0 aromatic heterocycles. The molecule has 1 unspecified atom stereocenters. The molecule has 1 aromatic carbocycles. The predicted octanol–water partition coefficient (Wildman–Crippen LogP) is 1.95. The highest BCUT2D eigenvalue weighted by molar-refractivity contribution is 5.75. The van der Waals surface area contributed by atoms with Gasteiger partial charge in [-0.25, -0.2) is 0 Å². The third-order valence-electron chi connectivity index (χ3n) is 2.73. The number of methoxy groups -OCH3 is 1. The number of nitrogen functional groups attached to an aromatic ring is 1. The van der Waals surface area contributed by atoms with Gasteiger partial charge in [0.05, 0.1) is 7.11 Å². The van der Waals surface area contributed by atoms with E-state index in [0.717, 1.165) is 17.7 Å². The van der Waals surface area contributed by atoms with Gasteiger partial charge in [-0.2, -0.15) is 0 Å². The van der Waals surface area contributed by atoms with Crippen molar-refractivity contribution in [2.75, 3.05) is 12.8 Å². The summed E-state index contributed by atoms with van der Waals surface area (Å²) < 4.78 is 4.80. The predicted molar refractivity (Wildman–Crippen MR) is 73.0 cm³/mol. The Hall–Kier alpha value is -1.55. The van der Waals surface area contributed by atoms with Gasteiger partial charge in [-0.3, -0.25) is 4.79 Å². The molecule has 1 atom stereocenters. The van der Waals surface area contributed by atoms with Gasteiger partial charge in [0.15, 0.2) is 0 Å². The molecular weight excluding hydrogens is 228 g/mol. The molecule has 0 radical (unpaired) electrons. The first-order chi connectivity index (χ1) is 8.52. The molecule has 0 aliphatic carbocycles. The van der Waals surface area contributed by atoms with Gasteiger partial charge in [-0.15, -0.1) is 0 Å². The molecule has 100 valence electrons. The van der Waals surface area contributed by atoms with E-state index in [4.69, 9.17) is 10.5 Å². The van der Waals surface area contributed by atoms with Crippen molar-refractivity contribution >= 4 is 11.7 Å². The van der Waals surface area contributed by atoms with Gasteiger partial charge in [0.1, 0.15) is 6.04 Å². The van der Waals surface area contributed by atoms with Crippen LogP contribution >= 0.6 is 0 Å². The molecule has 0 aliphatic rings. The molecule has 0 saturated heterocycles. The maximum Gasteiger partial charge on any atom is 0.322 e. The molecule has 4 nitrogen and oxygen atoms in total. The van der Waals surface area contributed by atoms with Crippen LogP contribution in [0.1, 0.15) is 25.8 Å². The smallest absolute Gasteiger partial charge is 0.322 e. The van der Waals surface area contributed by atoms with Crippen molar-refractivity contribution in [1.29, 1.82) is 0 Å². The van der Waals surface area contributed by atoms with Crippen molar-refractivity contribution in [3.8, 4) is 0 Å². The van der Waals surface area contributed by atoms with Crippen LogP contribution in [0.2, 0.25) is 0 Å². The van der Waals surface area contributed by atoms with Crippen LogP contribution in [0.4, 0.5) is 5.69 Å². The SMILES string of the molecule is COC(=O)C(CC(C)C)NCc1ccc(N)cc1. The number of benzene rings is 1. The average molecular weight is 250 g/mol. The fourth-order valence-electron chi connectivity index (χ4n) is 1.75. The summed E-state index contributed by atoms with van der Waals surface area (Å²) in [6.07, 6.45) is 0.766. The number of anilines is 1. The molecule has 0 aliphatic heterocycles. The zero-order valence-electron chi connectivity index (χ0n) is 11.3. The third kappa shape index (κ3) is 4.75. The molecule has 0 spiro atoms. The average Bonchev–Trinajstić information content (AvgIpc) is 2.35. The fraction of sp³-hybridized carbons (Fsp3) is 0.500. The molecule has 0 bridgehead atoms. The standard InChI is InChI=1S/C14H22N2O2/c1-10(2)8-13(14(17)18-3)16-9-11-4-6-12(15)7-5-11/h4-7,10,13,16H,8-9,15H2,1-3H3. The van der Waals surface area contributed by atoms with E-state index in [0.29, 0.717) is 12.5 Å². The number of hydrogen-bond acceptors (Lipinski definition) is 4. The van der Waals surface area contributed by atoms with E-state index in [-0.39, 0.29) is 12.0 Å². The maximum absolute atomic E-state index is 11.6. The van der Waals surface area contributed by atoms with Gasteiger partial charge in [-0.05, 0) is 30.0 Å². The minimum absolute atomic E-state index is 0.209.